The van der Waals surface area contributed by atoms with Crippen molar-refractivity contribution in [2.24, 2.45) is 0 Å². The molecule has 0 spiro atoms. The van der Waals surface area contributed by atoms with Gasteiger partial charge in [-0.25, -0.2) is 0 Å². The Morgan fingerprint density at radius 1 is 1.17 bits per heavy atom. The fourth-order valence-corrected chi connectivity index (χ4v) is 2.02. The molecule has 0 amide bonds. The van der Waals surface area contributed by atoms with Gasteiger partial charge in [-0.2, -0.15) is 0 Å². The minimum Gasteiger partial charge on any atom is -0.494 e. The minimum absolute atomic E-state index is 0.812. The average molecular weight is 247 g/mol. The maximum Gasteiger partial charge on any atom is 0.119 e. The third kappa shape index (κ3) is 5.09. The molecule has 100 valence electrons. The predicted molar refractivity (Wildman–Crippen MR) is 76.2 cm³/mol. The molecule has 0 unspecified atom stereocenters. The Bertz CT molecular complexity index is 329. The Hall–Kier alpha value is -1.02. The number of hydrogen-bond acceptors (Lipinski definition) is 2. The quantitative estimate of drug-likeness (QED) is 0.674. The second-order valence-corrected chi connectivity index (χ2v) is 5.18. The van der Waals surface area contributed by atoms with E-state index >= 15 is 0 Å². The summed E-state index contributed by atoms with van der Waals surface area (Å²) < 4.78 is 5.58. The van der Waals surface area contributed by atoms with Crippen molar-refractivity contribution in [2.45, 2.75) is 51.5 Å². The van der Waals surface area contributed by atoms with Crippen LogP contribution in [0.2, 0.25) is 0 Å². The van der Waals surface area contributed by atoms with Gasteiger partial charge in [0.15, 0.2) is 0 Å². The molecular weight excluding hydrogens is 222 g/mol. The van der Waals surface area contributed by atoms with Crippen LogP contribution in [0.1, 0.15) is 44.6 Å². The van der Waals surface area contributed by atoms with Crippen molar-refractivity contribution in [2.75, 3.05) is 13.2 Å². The highest BCUT2D eigenvalue weighted by atomic mass is 16.5. The second-order valence-electron chi connectivity index (χ2n) is 5.18. The van der Waals surface area contributed by atoms with E-state index in [4.69, 9.17) is 4.74 Å². The Labute approximate surface area is 111 Å². The first kappa shape index (κ1) is 13.4. The maximum atomic E-state index is 5.58. The van der Waals surface area contributed by atoms with E-state index in [2.05, 4.69) is 36.5 Å². The maximum absolute atomic E-state index is 5.58. The van der Waals surface area contributed by atoms with Gasteiger partial charge in [0.1, 0.15) is 5.75 Å². The lowest BCUT2D eigenvalue weighted by molar-refractivity contribution is 0.317. The third-order valence-corrected chi connectivity index (χ3v) is 3.30. The number of benzene rings is 1. The molecular formula is C16H25NO. The third-order valence-electron chi connectivity index (χ3n) is 3.30. The topological polar surface area (TPSA) is 21.3 Å². The van der Waals surface area contributed by atoms with Crippen molar-refractivity contribution in [1.29, 1.82) is 0 Å². The smallest absolute Gasteiger partial charge is 0.119 e. The Kier molecular flexibility index (Phi) is 5.53. The highest BCUT2D eigenvalue weighted by Gasteiger charge is 2.19. The van der Waals surface area contributed by atoms with Crippen molar-refractivity contribution in [3.63, 3.8) is 0 Å². The van der Waals surface area contributed by atoms with Gasteiger partial charge in [0.25, 0.3) is 0 Å². The predicted octanol–water partition coefficient (Wildman–Crippen LogP) is 3.55. The summed E-state index contributed by atoms with van der Waals surface area (Å²) in [6.45, 7) is 4.12. The van der Waals surface area contributed by atoms with E-state index in [1.165, 1.54) is 44.2 Å². The van der Waals surface area contributed by atoms with Crippen molar-refractivity contribution < 1.29 is 4.74 Å². The van der Waals surface area contributed by atoms with Crippen LogP contribution in [0.3, 0.4) is 0 Å². The van der Waals surface area contributed by atoms with Crippen LogP contribution in [0.4, 0.5) is 0 Å². The molecule has 1 N–H and O–H groups in total. The summed E-state index contributed by atoms with van der Waals surface area (Å²) in [6.07, 6.45) is 7.58. The summed E-state index contributed by atoms with van der Waals surface area (Å²) in [4.78, 5) is 0. The molecule has 1 aliphatic carbocycles. The Morgan fingerprint density at radius 2 is 1.94 bits per heavy atom. The van der Waals surface area contributed by atoms with Crippen molar-refractivity contribution in [1.82, 2.24) is 5.32 Å². The monoisotopic (exact) mass is 247 g/mol. The Balaban J connectivity index is 1.59. The van der Waals surface area contributed by atoms with Crippen LogP contribution in [0.15, 0.2) is 24.3 Å². The van der Waals surface area contributed by atoms with E-state index in [0.717, 1.165) is 24.8 Å². The number of hydrogen-bond donors (Lipinski definition) is 1. The molecule has 1 aliphatic rings. The lowest BCUT2D eigenvalue weighted by atomic mass is 10.1. The van der Waals surface area contributed by atoms with Crippen LogP contribution in [-0.4, -0.2) is 19.2 Å². The van der Waals surface area contributed by atoms with Gasteiger partial charge in [-0.15, -0.1) is 0 Å². The van der Waals surface area contributed by atoms with Gasteiger partial charge in [-0.3, -0.25) is 0 Å². The van der Waals surface area contributed by atoms with E-state index in [1.54, 1.807) is 0 Å². The number of rotatable bonds is 9. The zero-order chi connectivity index (χ0) is 12.6. The minimum atomic E-state index is 0.812. The molecule has 2 heteroatoms. The normalized spacial score (nSPS) is 14.7. The number of ether oxygens (including phenoxy) is 1. The standard InChI is InChI=1S/C16H25NO/c1-2-13-18-16-10-6-14(7-11-16)5-3-4-12-17-15-8-9-15/h6-7,10-11,15,17H,2-5,8-9,12-13H2,1H3. The molecule has 1 aromatic carbocycles. The lowest BCUT2D eigenvalue weighted by Crippen LogP contribution is -2.17. The fourth-order valence-electron chi connectivity index (χ4n) is 2.02. The largest absolute Gasteiger partial charge is 0.494 e. The summed E-state index contributed by atoms with van der Waals surface area (Å²) in [5.74, 6) is 0.996. The summed E-state index contributed by atoms with van der Waals surface area (Å²) in [6, 6.07) is 9.42. The van der Waals surface area contributed by atoms with Gasteiger partial charge in [0, 0.05) is 6.04 Å². The van der Waals surface area contributed by atoms with E-state index in [9.17, 15) is 0 Å². The molecule has 0 radical (unpaired) electrons. The van der Waals surface area contributed by atoms with Crippen LogP contribution in [0, 0.1) is 0 Å². The van der Waals surface area contributed by atoms with Gasteiger partial charge < -0.3 is 10.1 Å². The van der Waals surface area contributed by atoms with E-state index in [-0.39, 0.29) is 0 Å². The second kappa shape index (κ2) is 7.42. The molecule has 0 aromatic heterocycles. The average Bonchev–Trinajstić information content (AvgIpc) is 3.21. The molecule has 2 rings (SSSR count). The summed E-state index contributed by atoms with van der Waals surface area (Å²) in [7, 11) is 0. The zero-order valence-corrected chi connectivity index (χ0v) is 11.5. The van der Waals surface area contributed by atoms with Crippen LogP contribution < -0.4 is 10.1 Å². The van der Waals surface area contributed by atoms with E-state index in [1.807, 2.05) is 0 Å². The first-order valence-corrected chi connectivity index (χ1v) is 7.33. The van der Waals surface area contributed by atoms with Gasteiger partial charge in [-0.05, 0) is 62.8 Å². The highest BCUT2D eigenvalue weighted by molar-refractivity contribution is 5.27. The van der Waals surface area contributed by atoms with Gasteiger partial charge >= 0.3 is 0 Å². The molecule has 2 nitrogen and oxygen atoms in total. The van der Waals surface area contributed by atoms with Crippen LogP contribution >= 0.6 is 0 Å². The summed E-state index contributed by atoms with van der Waals surface area (Å²) >= 11 is 0. The first-order chi connectivity index (χ1) is 8.88. The van der Waals surface area contributed by atoms with Gasteiger partial charge in [0.05, 0.1) is 6.61 Å². The fraction of sp³-hybridized carbons (Fsp3) is 0.625. The molecule has 1 aromatic rings. The van der Waals surface area contributed by atoms with E-state index in [0.29, 0.717) is 0 Å². The van der Waals surface area contributed by atoms with Gasteiger partial charge in [-0.1, -0.05) is 19.1 Å². The van der Waals surface area contributed by atoms with Crippen molar-refractivity contribution in [3.05, 3.63) is 29.8 Å². The molecule has 0 aliphatic heterocycles. The van der Waals surface area contributed by atoms with E-state index < -0.39 is 0 Å². The zero-order valence-electron chi connectivity index (χ0n) is 11.5. The molecule has 1 saturated carbocycles. The van der Waals surface area contributed by atoms with Crippen LogP contribution in [0.25, 0.3) is 0 Å². The highest BCUT2D eigenvalue weighted by Crippen LogP contribution is 2.18. The number of nitrogens with one attached hydrogen (secondary N) is 1. The van der Waals surface area contributed by atoms with Crippen LogP contribution in [0.5, 0.6) is 5.75 Å². The summed E-state index contributed by atoms with van der Waals surface area (Å²) in [5, 5.41) is 3.56. The molecule has 18 heavy (non-hydrogen) atoms. The molecule has 0 atom stereocenters. The summed E-state index contributed by atoms with van der Waals surface area (Å²) in [5.41, 5.74) is 1.42. The lowest BCUT2D eigenvalue weighted by Gasteiger charge is -2.06. The Morgan fingerprint density at radius 3 is 2.61 bits per heavy atom. The molecule has 0 saturated heterocycles. The number of unbranched alkanes of at least 4 members (excludes halogenated alkanes) is 1. The van der Waals surface area contributed by atoms with Gasteiger partial charge in [0.2, 0.25) is 0 Å². The van der Waals surface area contributed by atoms with Crippen LogP contribution in [-0.2, 0) is 6.42 Å². The van der Waals surface area contributed by atoms with Crippen molar-refractivity contribution in [3.8, 4) is 5.75 Å². The molecule has 1 fully saturated rings. The first-order valence-electron chi connectivity index (χ1n) is 7.33. The number of aryl methyl sites for hydroxylation is 1. The SMILES string of the molecule is CCCOc1ccc(CCCCNC2CC2)cc1. The molecule has 0 heterocycles. The van der Waals surface area contributed by atoms with Crippen molar-refractivity contribution >= 4 is 0 Å². The molecule has 0 bridgehead atoms.